The molecule has 0 amide bonds. The van der Waals surface area contributed by atoms with Gasteiger partial charge in [0.1, 0.15) is 22.3 Å². The van der Waals surface area contributed by atoms with Crippen molar-refractivity contribution in [3.63, 3.8) is 0 Å². The fraction of sp³-hybridized carbons (Fsp3) is 0. The van der Waals surface area contributed by atoms with Crippen molar-refractivity contribution in [3.8, 4) is 123 Å². The summed E-state index contributed by atoms with van der Waals surface area (Å²) >= 11 is 0. The van der Waals surface area contributed by atoms with Gasteiger partial charge in [-0.25, -0.2) is 19.9 Å². The van der Waals surface area contributed by atoms with Crippen LogP contribution in [0.25, 0.3) is 189 Å². The van der Waals surface area contributed by atoms with E-state index in [4.69, 9.17) is 28.8 Å². The van der Waals surface area contributed by atoms with E-state index in [0.29, 0.717) is 11.6 Å². The van der Waals surface area contributed by atoms with E-state index in [2.05, 4.69) is 261 Å². The molecule has 0 N–H and O–H groups in total. The molecule has 0 unspecified atom stereocenters. The van der Waals surface area contributed by atoms with Gasteiger partial charge in [0.05, 0.1) is 22.8 Å². The van der Waals surface area contributed by atoms with Gasteiger partial charge < -0.3 is 8.83 Å². The fourth-order valence-electron chi connectivity index (χ4n) is 13.5. The lowest BCUT2D eigenvalue weighted by atomic mass is 9.92. The second-order valence-electron chi connectivity index (χ2n) is 24.1. The Morgan fingerprint density at radius 3 is 1.18 bits per heavy atom. The van der Waals surface area contributed by atoms with Crippen LogP contribution in [0.2, 0.25) is 0 Å². The van der Waals surface area contributed by atoms with Gasteiger partial charge in [0.2, 0.25) is 0 Å². The summed E-state index contributed by atoms with van der Waals surface area (Å²) in [6.45, 7) is 0. The van der Waals surface area contributed by atoms with Crippen LogP contribution in [0.5, 0.6) is 0 Å². The van der Waals surface area contributed by atoms with Crippen molar-refractivity contribution in [2.75, 3.05) is 0 Å². The topological polar surface area (TPSA) is 77.8 Å². The number of furan rings is 2. The molecular formula is C88H54N4O2. The van der Waals surface area contributed by atoms with Crippen LogP contribution in [0.15, 0.2) is 336 Å². The number of rotatable bonds is 11. The van der Waals surface area contributed by atoms with Crippen LogP contribution in [0, 0.1) is 0 Å². The average molecular weight is 1200 g/mol. The second kappa shape index (κ2) is 22.7. The molecular weight excluding hydrogens is 1140 g/mol. The first-order valence-corrected chi connectivity index (χ1v) is 31.7. The number of nitrogens with zero attached hydrogens (tertiary/aromatic N) is 4. The van der Waals surface area contributed by atoms with Crippen molar-refractivity contribution in [3.05, 3.63) is 328 Å². The molecule has 0 aliphatic heterocycles. The van der Waals surface area contributed by atoms with E-state index < -0.39 is 0 Å². The SMILES string of the molecule is c1ccc(-c2cc(-c3ccc4cc(-c5cccc(-c6ccc7oc8cc(-c9ccc(-c%10cc(-c%11ccc(-c%12ccc(-c%13ccc%14oc%15ccccc%15c%14c%13)cc%12)c%12ccccc%11%12)nc(-c%11ccccc%11)n%10)cc9)ccc8c7c6)c5)ccc4c3)nc(-c3ccccc3)n2)cc1. The van der Waals surface area contributed by atoms with Crippen molar-refractivity contribution < 1.29 is 8.83 Å². The molecule has 18 aromatic rings. The Balaban J connectivity index is 0.613. The van der Waals surface area contributed by atoms with E-state index in [1.54, 1.807) is 0 Å². The van der Waals surface area contributed by atoms with Gasteiger partial charge in [0.25, 0.3) is 0 Å². The van der Waals surface area contributed by atoms with Crippen molar-refractivity contribution in [2.45, 2.75) is 0 Å². The lowest BCUT2D eigenvalue weighted by Gasteiger charge is -2.14. The molecule has 0 aliphatic rings. The van der Waals surface area contributed by atoms with Crippen LogP contribution in [-0.4, -0.2) is 19.9 Å². The Kier molecular flexibility index (Phi) is 13.1. The lowest BCUT2D eigenvalue weighted by Crippen LogP contribution is -1.97. The van der Waals surface area contributed by atoms with Gasteiger partial charge in [0, 0.05) is 54.9 Å². The first-order chi connectivity index (χ1) is 46.5. The Hall–Kier alpha value is -12.6. The third-order valence-corrected chi connectivity index (χ3v) is 18.3. The van der Waals surface area contributed by atoms with Crippen LogP contribution in [0.4, 0.5) is 0 Å². The zero-order chi connectivity index (χ0) is 62.1. The molecule has 18 rings (SSSR count). The Bertz CT molecular complexity index is 5900. The normalized spacial score (nSPS) is 11.6. The minimum atomic E-state index is 0.671. The van der Waals surface area contributed by atoms with Crippen LogP contribution >= 0.6 is 0 Å². The number of para-hydroxylation sites is 1. The largest absolute Gasteiger partial charge is 0.456 e. The molecule has 0 saturated carbocycles. The minimum absolute atomic E-state index is 0.671. The van der Waals surface area contributed by atoms with Crippen LogP contribution < -0.4 is 0 Å². The average Bonchev–Trinajstić information content (AvgIpc) is 1.42. The minimum Gasteiger partial charge on any atom is -0.456 e. The number of hydrogen-bond acceptors (Lipinski definition) is 6. The van der Waals surface area contributed by atoms with Gasteiger partial charge in [-0.1, -0.05) is 255 Å². The molecule has 14 aromatic carbocycles. The molecule has 0 spiro atoms. The molecule has 6 nitrogen and oxygen atoms in total. The predicted octanol–water partition coefficient (Wildman–Crippen LogP) is 23.7. The number of benzene rings is 14. The molecule has 6 heteroatoms. The standard InChI is InChI=1S/C88H54N4O2/c1-4-15-58(16-5-1)79-53-81(91-87(89-79)60-17-6-2-7-18-60)70-38-37-65-48-64(35-36-66(65)49-70)62-21-14-22-63(47-62)68-41-46-85-78(51-68)76-42-39-69(52-86(76)94-85)56-29-33-59(34-30-56)80-54-82(92-88(90-80)61-19-8-3-9-20-61)74-44-43-71(72-23-10-11-24-73(72)74)57-31-27-55(28-32-57)67-40-45-84-77(50-67)75-25-12-13-26-83(75)93-84/h1-54H. The zero-order valence-corrected chi connectivity index (χ0v) is 50.8. The molecule has 4 aromatic heterocycles. The Morgan fingerprint density at radius 2 is 0.543 bits per heavy atom. The summed E-state index contributed by atoms with van der Waals surface area (Å²) in [5, 5.41) is 8.99. The van der Waals surface area contributed by atoms with Crippen LogP contribution in [-0.2, 0) is 0 Å². The molecule has 94 heavy (non-hydrogen) atoms. The summed E-state index contributed by atoms with van der Waals surface area (Å²) in [6.07, 6.45) is 0. The quantitative estimate of drug-likeness (QED) is 0.128. The van der Waals surface area contributed by atoms with E-state index in [1.165, 1.54) is 0 Å². The zero-order valence-electron chi connectivity index (χ0n) is 50.8. The molecule has 0 atom stereocenters. The highest BCUT2D eigenvalue weighted by atomic mass is 16.3. The summed E-state index contributed by atoms with van der Waals surface area (Å²) in [5.74, 6) is 1.38. The third-order valence-electron chi connectivity index (χ3n) is 18.3. The van der Waals surface area contributed by atoms with E-state index in [9.17, 15) is 0 Å². The van der Waals surface area contributed by atoms with Crippen LogP contribution in [0.1, 0.15) is 0 Å². The van der Waals surface area contributed by atoms with Gasteiger partial charge >= 0.3 is 0 Å². The summed E-state index contributed by atoms with van der Waals surface area (Å²) in [4.78, 5) is 20.6. The van der Waals surface area contributed by atoms with Crippen molar-refractivity contribution in [2.24, 2.45) is 0 Å². The molecule has 438 valence electrons. The monoisotopic (exact) mass is 1200 g/mol. The molecule has 0 aliphatic carbocycles. The second-order valence-corrected chi connectivity index (χ2v) is 24.1. The maximum absolute atomic E-state index is 6.61. The summed E-state index contributed by atoms with van der Waals surface area (Å²) in [7, 11) is 0. The predicted molar refractivity (Wildman–Crippen MR) is 387 cm³/mol. The highest BCUT2D eigenvalue weighted by molar-refractivity contribution is 6.09. The molecule has 4 heterocycles. The maximum Gasteiger partial charge on any atom is 0.160 e. The smallest absolute Gasteiger partial charge is 0.160 e. The summed E-state index contributed by atoms with van der Waals surface area (Å²) in [6, 6.07) is 116. The Labute approximate surface area is 542 Å². The van der Waals surface area contributed by atoms with Crippen molar-refractivity contribution in [1.82, 2.24) is 19.9 Å². The van der Waals surface area contributed by atoms with Crippen molar-refractivity contribution >= 4 is 65.4 Å². The van der Waals surface area contributed by atoms with E-state index in [1.807, 2.05) is 66.7 Å². The molecule has 0 saturated heterocycles. The van der Waals surface area contributed by atoms with Crippen LogP contribution in [0.3, 0.4) is 0 Å². The summed E-state index contributed by atoms with van der Waals surface area (Å²) < 4.78 is 12.7. The molecule has 0 bridgehead atoms. The van der Waals surface area contributed by atoms with Gasteiger partial charge in [-0.15, -0.1) is 0 Å². The van der Waals surface area contributed by atoms with Crippen molar-refractivity contribution in [1.29, 1.82) is 0 Å². The van der Waals surface area contributed by atoms with Gasteiger partial charge in [0.15, 0.2) is 11.6 Å². The first-order valence-electron chi connectivity index (χ1n) is 31.7. The lowest BCUT2D eigenvalue weighted by molar-refractivity contribution is 0.668. The maximum atomic E-state index is 6.61. The first kappa shape index (κ1) is 54.3. The number of hydrogen-bond donors (Lipinski definition) is 0. The number of aromatic nitrogens is 4. The van der Waals surface area contributed by atoms with Gasteiger partial charge in [-0.2, -0.15) is 0 Å². The Morgan fingerprint density at radius 1 is 0.170 bits per heavy atom. The highest BCUT2D eigenvalue weighted by Gasteiger charge is 2.19. The molecule has 0 radical (unpaired) electrons. The third kappa shape index (κ3) is 9.94. The highest BCUT2D eigenvalue weighted by Crippen LogP contribution is 2.42. The van der Waals surface area contributed by atoms with Gasteiger partial charge in [-0.3, -0.25) is 0 Å². The van der Waals surface area contributed by atoms with Gasteiger partial charge in [-0.05, 0) is 150 Å². The fourth-order valence-corrected chi connectivity index (χ4v) is 13.5. The van der Waals surface area contributed by atoms with E-state index in [0.717, 1.165) is 177 Å². The number of fused-ring (bicyclic) bond motifs is 8. The molecule has 0 fully saturated rings. The summed E-state index contributed by atoms with van der Waals surface area (Å²) in [5.41, 5.74) is 24.4. The van der Waals surface area contributed by atoms with E-state index in [-0.39, 0.29) is 0 Å². The van der Waals surface area contributed by atoms with E-state index >= 15 is 0 Å².